The lowest BCUT2D eigenvalue weighted by molar-refractivity contribution is -0.152. The van der Waals surface area contributed by atoms with Gasteiger partial charge in [-0.3, -0.25) is 9.69 Å². The Balaban J connectivity index is 1.60. The highest BCUT2D eigenvalue weighted by Gasteiger charge is 2.46. The number of ether oxygens (including phenoxy) is 1. The molecule has 1 amide bonds. The van der Waals surface area contributed by atoms with Crippen LogP contribution in [0.15, 0.2) is 4.52 Å². The number of aromatic nitrogens is 1. The number of rotatable bonds is 5. The molecule has 6 heteroatoms. The summed E-state index contributed by atoms with van der Waals surface area (Å²) in [5.74, 6) is 1.20. The lowest BCUT2D eigenvalue weighted by Gasteiger charge is -2.42. The molecule has 1 saturated heterocycles. The molecule has 1 aromatic rings. The first kappa shape index (κ1) is 17.4. The van der Waals surface area contributed by atoms with Gasteiger partial charge < -0.3 is 14.2 Å². The average molecular weight is 335 g/mol. The number of hydrogen-bond acceptors (Lipinski definition) is 5. The minimum absolute atomic E-state index is 0.244. The molecule has 0 N–H and O–H groups in total. The smallest absolute Gasteiger partial charge is 0.231 e. The molecule has 1 aromatic heterocycles. The van der Waals surface area contributed by atoms with E-state index in [1.807, 2.05) is 13.8 Å². The van der Waals surface area contributed by atoms with Gasteiger partial charge in [0, 0.05) is 45.4 Å². The summed E-state index contributed by atoms with van der Waals surface area (Å²) in [5.41, 5.74) is 1.91. The van der Waals surface area contributed by atoms with Crippen molar-refractivity contribution in [3.05, 3.63) is 17.0 Å². The van der Waals surface area contributed by atoms with Gasteiger partial charge in [-0.2, -0.15) is 0 Å². The van der Waals surface area contributed by atoms with Crippen molar-refractivity contribution >= 4 is 5.91 Å². The topological polar surface area (TPSA) is 58.8 Å². The predicted octanol–water partition coefficient (Wildman–Crippen LogP) is 2.14. The molecule has 1 saturated carbocycles. The number of aryl methyl sites for hydroxylation is 2. The van der Waals surface area contributed by atoms with E-state index in [0.29, 0.717) is 12.5 Å². The lowest BCUT2D eigenvalue weighted by atomic mass is 9.68. The first-order chi connectivity index (χ1) is 11.6. The first-order valence-corrected chi connectivity index (χ1v) is 8.98. The van der Waals surface area contributed by atoms with Crippen molar-refractivity contribution < 1.29 is 14.1 Å². The summed E-state index contributed by atoms with van der Waals surface area (Å²) in [4.78, 5) is 17.4. The lowest BCUT2D eigenvalue weighted by Crippen LogP contribution is -2.51. The summed E-state index contributed by atoms with van der Waals surface area (Å²) in [6, 6.07) is 0. The molecule has 2 heterocycles. The third-order valence-electron chi connectivity index (χ3n) is 5.62. The Morgan fingerprint density at radius 3 is 2.58 bits per heavy atom. The van der Waals surface area contributed by atoms with Gasteiger partial charge >= 0.3 is 0 Å². The van der Waals surface area contributed by atoms with Gasteiger partial charge in [-0.25, -0.2) is 0 Å². The molecule has 0 unspecified atom stereocenters. The van der Waals surface area contributed by atoms with Crippen molar-refractivity contribution in [2.24, 2.45) is 5.41 Å². The molecule has 1 aliphatic heterocycles. The maximum Gasteiger partial charge on any atom is 0.231 e. The summed E-state index contributed by atoms with van der Waals surface area (Å²) in [5, 5.41) is 4.04. The molecule has 134 valence electrons. The van der Waals surface area contributed by atoms with Crippen molar-refractivity contribution in [2.45, 2.75) is 46.1 Å². The second-order valence-electron chi connectivity index (χ2n) is 7.29. The van der Waals surface area contributed by atoms with Gasteiger partial charge in [0.1, 0.15) is 5.76 Å². The zero-order chi connectivity index (χ0) is 17.2. The maximum absolute atomic E-state index is 13.0. The highest BCUT2D eigenvalue weighted by atomic mass is 16.5. The summed E-state index contributed by atoms with van der Waals surface area (Å²) < 4.78 is 10.6. The number of amides is 1. The molecule has 3 rings (SSSR count). The van der Waals surface area contributed by atoms with Gasteiger partial charge in [0.2, 0.25) is 5.91 Å². The van der Waals surface area contributed by atoms with Crippen LogP contribution in [-0.2, 0) is 16.1 Å². The number of nitrogens with zero attached hydrogens (tertiary/aromatic N) is 3. The van der Waals surface area contributed by atoms with E-state index in [1.165, 1.54) is 5.56 Å². The molecule has 0 atom stereocenters. The van der Waals surface area contributed by atoms with Gasteiger partial charge in [0.25, 0.3) is 0 Å². The van der Waals surface area contributed by atoms with Crippen LogP contribution in [0.5, 0.6) is 0 Å². The molecule has 2 aliphatic rings. The van der Waals surface area contributed by atoms with Crippen molar-refractivity contribution in [1.82, 2.24) is 15.0 Å². The Morgan fingerprint density at radius 2 is 2.00 bits per heavy atom. The van der Waals surface area contributed by atoms with Crippen molar-refractivity contribution in [3.63, 3.8) is 0 Å². The van der Waals surface area contributed by atoms with Crippen molar-refractivity contribution in [1.29, 1.82) is 0 Å². The molecule has 0 bridgehead atoms. The van der Waals surface area contributed by atoms with Gasteiger partial charge in [0.15, 0.2) is 0 Å². The molecule has 1 aliphatic carbocycles. The molecule has 6 nitrogen and oxygen atoms in total. The van der Waals surface area contributed by atoms with Crippen molar-refractivity contribution in [2.75, 3.05) is 39.9 Å². The van der Waals surface area contributed by atoms with E-state index in [2.05, 4.69) is 15.0 Å². The Kier molecular flexibility index (Phi) is 5.25. The second-order valence-corrected chi connectivity index (χ2v) is 7.29. The van der Waals surface area contributed by atoms with E-state index >= 15 is 0 Å². The van der Waals surface area contributed by atoms with Crippen LogP contribution in [0.3, 0.4) is 0 Å². The van der Waals surface area contributed by atoms with Crippen LogP contribution in [0.4, 0.5) is 0 Å². The number of carbonyl (C=O) groups excluding carboxylic acids is 1. The van der Waals surface area contributed by atoms with Crippen LogP contribution < -0.4 is 0 Å². The number of methoxy groups -OCH3 is 1. The fraction of sp³-hybridized carbons (Fsp3) is 0.778. The minimum Gasteiger partial charge on any atom is -0.384 e. The normalized spacial score (nSPS) is 21.4. The van der Waals surface area contributed by atoms with Crippen molar-refractivity contribution in [3.8, 4) is 0 Å². The Labute approximate surface area is 144 Å². The number of hydrogen-bond donors (Lipinski definition) is 0. The van der Waals surface area contributed by atoms with E-state index in [1.54, 1.807) is 7.11 Å². The first-order valence-electron chi connectivity index (χ1n) is 8.98. The molecule has 2 fully saturated rings. The Morgan fingerprint density at radius 1 is 1.21 bits per heavy atom. The zero-order valence-electron chi connectivity index (χ0n) is 15.1. The zero-order valence-corrected chi connectivity index (χ0v) is 15.1. The van der Waals surface area contributed by atoms with E-state index in [-0.39, 0.29) is 5.41 Å². The minimum atomic E-state index is -0.244. The highest BCUT2D eigenvalue weighted by Crippen LogP contribution is 2.42. The van der Waals surface area contributed by atoms with E-state index in [9.17, 15) is 4.79 Å². The van der Waals surface area contributed by atoms with Gasteiger partial charge in [-0.1, -0.05) is 11.6 Å². The van der Waals surface area contributed by atoms with Gasteiger partial charge in [-0.15, -0.1) is 0 Å². The molecule has 0 spiro atoms. The molecule has 0 radical (unpaired) electrons. The summed E-state index contributed by atoms with van der Waals surface area (Å²) in [6.07, 6.45) is 4.09. The quantitative estimate of drug-likeness (QED) is 0.825. The van der Waals surface area contributed by atoms with Crippen LogP contribution >= 0.6 is 0 Å². The number of carbonyl (C=O) groups is 1. The van der Waals surface area contributed by atoms with E-state index < -0.39 is 0 Å². The fourth-order valence-electron chi connectivity index (χ4n) is 3.92. The van der Waals surface area contributed by atoms with Crippen LogP contribution in [0.1, 0.15) is 42.7 Å². The monoisotopic (exact) mass is 335 g/mol. The summed E-state index contributed by atoms with van der Waals surface area (Å²) >= 11 is 0. The standard InChI is InChI=1S/C18H29N3O3/c1-14-16(15(2)24-19-14)12-20-8-5-9-21(11-10-20)17(22)18(13-23-3)6-4-7-18/h4-13H2,1-3H3. The largest absolute Gasteiger partial charge is 0.384 e. The van der Waals surface area contributed by atoms with Gasteiger partial charge in [-0.05, 0) is 33.1 Å². The van der Waals surface area contributed by atoms with Crippen LogP contribution in [0.25, 0.3) is 0 Å². The van der Waals surface area contributed by atoms with E-state index in [0.717, 1.165) is 69.9 Å². The Bertz CT molecular complexity index is 561. The SMILES string of the molecule is COCC1(C(=O)N2CCCN(Cc3c(C)noc3C)CC2)CCC1. The molecular formula is C18H29N3O3. The van der Waals surface area contributed by atoms with E-state index in [4.69, 9.17) is 9.26 Å². The predicted molar refractivity (Wildman–Crippen MR) is 90.6 cm³/mol. The summed E-state index contributed by atoms with van der Waals surface area (Å²) in [7, 11) is 1.70. The molecule has 24 heavy (non-hydrogen) atoms. The Hall–Kier alpha value is -1.40. The molecular weight excluding hydrogens is 306 g/mol. The second kappa shape index (κ2) is 7.23. The highest BCUT2D eigenvalue weighted by molar-refractivity contribution is 5.83. The third kappa shape index (κ3) is 3.35. The average Bonchev–Trinajstić information content (AvgIpc) is 2.75. The summed E-state index contributed by atoms with van der Waals surface area (Å²) in [6.45, 7) is 8.93. The third-order valence-corrected chi connectivity index (χ3v) is 5.62. The fourth-order valence-corrected chi connectivity index (χ4v) is 3.92. The molecule has 0 aromatic carbocycles. The van der Waals surface area contributed by atoms with Crippen LogP contribution in [0.2, 0.25) is 0 Å². The van der Waals surface area contributed by atoms with Gasteiger partial charge in [0.05, 0.1) is 17.7 Å². The van der Waals surface area contributed by atoms with Crippen LogP contribution in [-0.4, -0.2) is 60.8 Å². The van der Waals surface area contributed by atoms with Crippen LogP contribution in [0, 0.1) is 19.3 Å². The maximum atomic E-state index is 13.0.